The first-order valence-electron chi connectivity index (χ1n) is 10.8. The van der Waals surface area contributed by atoms with E-state index in [0.717, 1.165) is 11.1 Å². The van der Waals surface area contributed by atoms with Gasteiger partial charge in [0.2, 0.25) is 5.91 Å². The number of aromatic nitrogens is 4. The number of rotatable bonds is 13. The topological polar surface area (TPSA) is 145 Å². The number of nitrogens with zero attached hydrogens (tertiary/aromatic N) is 4. The maximum absolute atomic E-state index is 12.2. The third-order valence-electron chi connectivity index (χ3n) is 5.02. The molecule has 3 N–H and O–H groups in total. The number of carbonyl (C=O) groups excluding carboxylic acids is 2. The molecule has 2 atom stereocenters. The summed E-state index contributed by atoms with van der Waals surface area (Å²) >= 11 is 0. The van der Waals surface area contributed by atoms with Crippen molar-refractivity contribution in [2.45, 2.75) is 44.5 Å². The molecule has 10 nitrogen and oxygen atoms in total. The third-order valence-corrected chi connectivity index (χ3v) is 5.02. The number of hydrogen-bond acceptors (Lipinski definition) is 8. The van der Waals surface area contributed by atoms with Crippen LogP contribution in [-0.4, -0.2) is 49.8 Å². The molecule has 0 spiro atoms. The fourth-order valence-electron chi connectivity index (χ4n) is 3.37. The Morgan fingerprint density at radius 3 is 2.41 bits per heavy atom. The van der Waals surface area contributed by atoms with Crippen molar-refractivity contribution in [3.63, 3.8) is 0 Å². The average Bonchev–Trinajstić information content (AvgIpc) is 3.27. The van der Waals surface area contributed by atoms with Crippen LogP contribution in [0.2, 0.25) is 0 Å². The van der Waals surface area contributed by atoms with E-state index in [9.17, 15) is 19.8 Å². The summed E-state index contributed by atoms with van der Waals surface area (Å²) in [4.78, 5) is 22.9. The fourth-order valence-corrected chi connectivity index (χ4v) is 3.37. The number of carboxylic acids is 1. The Labute approximate surface area is 220 Å². The van der Waals surface area contributed by atoms with Gasteiger partial charge in [0.15, 0.2) is 5.82 Å². The molecule has 0 aliphatic rings. The molecule has 0 saturated heterocycles. The van der Waals surface area contributed by atoms with E-state index in [4.69, 9.17) is 0 Å². The first-order chi connectivity index (χ1) is 16.0. The molecule has 11 heteroatoms. The standard InChI is InChI=1S/C23H28N6O4.Na/c30-19(14-21(32)33)16-25-22(18-10-5-2-6-11-18)23-26-27-28-29(23)13-7-12-20(31)24-15-17-8-3-1-4-9-17;/h1-6,8-11,19,22,25,30H,7,12-16H2,(H,24,31)(H,32,33);/q;+1/p-1/t19?,22-;/m0./s1. The summed E-state index contributed by atoms with van der Waals surface area (Å²) in [6.45, 7) is 0.917. The molecule has 3 aromatic rings. The molecular weight excluding hydrogens is 447 g/mol. The van der Waals surface area contributed by atoms with Crippen LogP contribution in [-0.2, 0) is 22.7 Å². The van der Waals surface area contributed by atoms with Crippen LogP contribution in [0.15, 0.2) is 60.7 Å². The quantitative estimate of drug-likeness (QED) is 0.222. The van der Waals surface area contributed by atoms with Gasteiger partial charge in [0.25, 0.3) is 0 Å². The number of nitrogens with one attached hydrogen (secondary N) is 2. The van der Waals surface area contributed by atoms with Crippen LogP contribution in [0, 0.1) is 0 Å². The summed E-state index contributed by atoms with van der Waals surface area (Å²) in [5.41, 5.74) is 1.89. The first-order valence-corrected chi connectivity index (χ1v) is 10.8. The minimum Gasteiger partial charge on any atom is -0.550 e. The van der Waals surface area contributed by atoms with Crippen LogP contribution in [0.5, 0.6) is 0 Å². The van der Waals surface area contributed by atoms with E-state index in [1.807, 2.05) is 60.7 Å². The average molecular weight is 474 g/mol. The van der Waals surface area contributed by atoms with Crippen LogP contribution < -0.4 is 45.3 Å². The minimum absolute atomic E-state index is 0. The molecule has 34 heavy (non-hydrogen) atoms. The number of carbonyl (C=O) groups is 2. The number of aliphatic carboxylic acids is 1. The van der Waals surface area contributed by atoms with E-state index < -0.39 is 24.5 Å². The summed E-state index contributed by atoms with van der Waals surface area (Å²) in [6.07, 6.45) is -0.732. The van der Waals surface area contributed by atoms with E-state index in [2.05, 4.69) is 26.2 Å². The number of tetrazole rings is 1. The molecule has 1 heterocycles. The maximum atomic E-state index is 12.2. The predicted octanol–water partition coefficient (Wildman–Crippen LogP) is -3.05. The van der Waals surface area contributed by atoms with Gasteiger partial charge in [0.05, 0.1) is 12.1 Å². The zero-order chi connectivity index (χ0) is 23.5. The molecule has 0 fully saturated rings. The first kappa shape index (κ1) is 27.6. The second-order valence-corrected chi connectivity index (χ2v) is 7.61. The van der Waals surface area contributed by atoms with E-state index in [1.165, 1.54) is 0 Å². The number of carboxylic acid groups (broad SMARTS) is 1. The van der Waals surface area contributed by atoms with Crippen molar-refractivity contribution in [3.05, 3.63) is 77.6 Å². The van der Waals surface area contributed by atoms with Gasteiger partial charge < -0.3 is 25.6 Å². The maximum Gasteiger partial charge on any atom is 1.00 e. The van der Waals surface area contributed by atoms with Crippen molar-refractivity contribution in [1.29, 1.82) is 0 Å². The predicted molar refractivity (Wildman–Crippen MR) is 117 cm³/mol. The normalized spacial score (nSPS) is 12.4. The number of benzene rings is 2. The van der Waals surface area contributed by atoms with Gasteiger partial charge in [-0.1, -0.05) is 60.7 Å². The number of aliphatic hydroxyl groups is 1. The summed E-state index contributed by atoms with van der Waals surface area (Å²) < 4.78 is 1.61. The Hall–Kier alpha value is -2.63. The van der Waals surface area contributed by atoms with Crippen LogP contribution in [0.3, 0.4) is 0 Å². The van der Waals surface area contributed by atoms with E-state index >= 15 is 0 Å². The van der Waals surface area contributed by atoms with E-state index in [-0.39, 0.29) is 42.0 Å². The number of aryl methyl sites for hydroxylation is 1. The number of amides is 1. The largest absolute Gasteiger partial charge is 1.00 e. The van der Waals surface area contributed by atoms with Crippen LogP contribution in [0.4, 0.5) is 0 Å². The Morgan fingerprint density at radius 1 is 1.06 bits per heavy atom. The molecule has 0 aliphatic carbocycles. The number of hydrogen-bond donors (Lipinski definition) is 3. The summed E-state index contributed by atoms with van der Waals surface area (Å²) in [5.74, 6) is -0.876. The molecule has 2 aromatic carbocycles. The summed E-state index contributed by atoms with van der Waals surface area (Å²) in [7, 11) is 0. The van der Waals surface area contributed by atoms with Crippen LogP contribution >= 0.6 is 0 Å². The van der Waals surface area contributed by atoms with Crippen LogP contribution in [0.25, 0.3) is 0 Å². The minimum atomic E-state index is -1.32. The van der Waals surface area contributed by atoms with Crippen molar-refractivity contribution in [3.8, 4) is 0 Å². The van der Waals surface area contributed by atoms with Crippen molar-refractivity contribution >= 4 is 11.9 Å². The molecule has 1 amide bonds. The fraction of sp³-hybridized carbons (Fsp3) is 0.348. The van der Waals surface area contributed by atoms with Gasteiger partial charge in [-0.2, -0.15) is 0 Å². The van der Waals surface area contributed by atoms with E-state index in [0.29, 0.717) is 31.8 Å². The van der Waals surface area contributed by atoms with Crippen molar-refractivity contribution in [2.75, 3.05) is 6.54 Å². The van der Waals surface area contributed by atoms with Gasteiger partial charge >= 0.3 is 29.6 Å². The zero-order valence-electron chi connectivity index (χ0n) is 19.1. The molecule has 0 radical (unpaired) electrons. The van der Waals surface area contributed by atoms with Gasteiger partial charge in [-0.05, 0) is 28.0 Å². The molecule has 0 bridgehead atoms. The zero-order valence-corrected chi connectivity index (χ0v) is 21.1. The van der Waals surface area contributed by atoms with E-state index in [1.54, 1.807) is 4.68 Å². The van der Waals surface area contributed by atoms with Crippen LogP contribution in [0.1, 0.15) is 42.3 Å². The second-order valence-electron chi connectivity index (χ2n) is 7.61. The van der Waals surface area contributed by atoms with Crippen molar-refractivity contribution < 1.29 is 49.4 Å². The molecule has 0 aliphatic heterocycles. The van der Waals surface area contributed by atoms with Gasteiger partial charge in [0, 0.05) is 38.4 Å². The van der Waals surface area contributed by atoms with Crippen molar-refractivity contribution in [1.82, 2.24) is 30.8 Å². The molecule has 174 valence electrons. The Morgan fingerprint density at radius 2 is 1.74 bits per heavy atom. The SMILES string of the molecule is O=C([O-])CC(O)CN[C@@H](c1ccccc1)c1nnnn1CCCC(=O)NCc1ccccc1.[Na+]. The second kappa shape index (κ2) is 14.6. The molecule has 1 unspecified atom stereocenters. The number of aliphatic hydroxyl groups excluding tert-OH is 1. The van der Waals surface area contributed by atoms with Gasteiger partial charge in [-0.15, -0.1) is 5.10 Å². The Balaban J connectivity index is 0.00000408. The van der Waals surface area contributed by atoms with Gasteiger partial charge in [0.1, 0.15) is 0 Å². The monoisotopic (exact) mass is 474 g/mol. The van der Waals surface area contributed by atoms with Gasteiger partial charge in [-0.3, -0.25) is 4.79 Å². The summed E-state index contributed by atoms with van der Waals surface area (Å²) in [5, 5.41) is 38.7. The summed E-state index contributed by atoms with van der Waals surface area (Å²) in [6, 6.07) is 18.6. The smallest absolute Gasteiger partial charge is 0.550 e. The Bertz CT molecular complexity index is 1020. The Kier molecular flexibility index (Phi) is 11.9. The third kappa shape index (κ3) is 8.96. The molecule has 0 saturated carbocycles. The molecule has 3 rings (SSSR count). The van der Waals surface area contributed by atoms with Crippen molar-refractivity contribution in [2.24, 2.45) is 0 Å². The molecule has 1 aromatic heterocycles. The van der Waals surface area contributed by atoms with Gasteiger partial charge in [-0.25, -0.2) is 4.68 Å². The molecular formula is C23H27N6NaO4.